The van der Waals surface area contributed by atoms with E-state index in [-0.39, 0.29) is 0 Å². The van der Waals surface area contributed by atoms with E-state index < -0.39 is 0 Å². The number of rotatable bonds is 1. The van der Waals surface area contributed by atoms with E-state index in [9.17, 15) is 0 Å². The van der Waals surface area contributed by atoms with Crippen LogP contribution in [-0.2, 0) is 0 Å². The molecule has 0 radical (unpaired) electrons. The van der Waals surface area contributed by atoms with Gasteiger partial charge in [0.1, 0.15) is 0 Å². The molecule has 1 aliphatic rings. The van der Waals surface area contributed by atoms with Crippen molar-refractivity contribution in [3.05, 3.63) is 29.4 Å². The first-order chi connectivity index (χ1) is 9.58. The summed E-state index contributed by atoms with van der Waals surface area (Å²) in [4.78, 5) is 2.39. The van der Waals surface area contributed by atoms with Gasteiger partial charge in [0, 0.05) is 23.4 Å². The van der Waals surface area contributed by atoms with Crippen LogP contribution in [0.4, 0.5) is 5.82 Å². The summed E-state index contributed by atoms with van der Waals surface area (Å²) in [5.41, 5.74) is 0. The summed E-state index contributed by atoms with van der Waals surface area (Å²) >= 11 is 6.17. The topological polar surface area (TPSA) is 29.0 Å². The number of hydrogen-bond acceptors (Lipinski definition) is 3. The van der Waals surface area contributed by atoms with Crippen LogP contribution in [0.5, 0.6) is 0 Å². The van der Waals surface area contributed by atoms with Gasteiger partial charge in [0.05, 0.1) is 0 Å². The van der Waals surface area contributed by atoms with Gasteiger partial charge in [0.25, 0.3) is 0 Å². The van der Waals surface area contributed by atoms with Crippen molar-refractivity contribution in [2.75, 3.05) is 11.4 Å². The molecule has 3 rings (SSSR count). The van der Waals surface area contributed by atoms with Crippen molar-refractivity contribution < 1.29 is 0 Å². The summed E-state index contributed by atoms with van der Waals surface area (Å²) in [6, 6.07) is 8.60. The molecule has 2 aromatic rings. The van der Waals surface area contributed by atoms with E-state index >= 15 is 0 Å². The van der Waals surface area contributed by atoms with Crippen LogP contribution in [0.1, 0.15) is 27.2 Å². The molecule has 1 aromatic carbocycles. The number of halogens is 1. The highest BCUT2D eigenvalue weighted by Gasteiger charge is 2.30. The van der Waals surface area contributed by atoms with Gasteiger partial charge in [-0.1, -0.05) is 49.7 Å². The lowest BCUT2D eigenvalue weighted by Crippen LogP contribution is -2.46. The van der Waals surface area contributed by atoms with Crippen molar-refractivity contribution >= 4 is 28.2 Å². The normalized spacial score (nSPS) is 27.0. The second-order valence-corrected chi connectivity index (χ2v) is 6.43. The molecule has 20 heavy (non-hydrogen) atoms. The number of benzene rings is 1. The zero-order chi connectivity index (χ0) is 14.3. The van der Waals surface area contributed by atoms with E-state index in [0.717, 1.165) is 23.1 Å². The average molecular weight is 290 g/mol. The molecule has 1 fully saturated rings. The molecule has 1 saturated heterocycles. The number of piperidine rings is 1. The van der Waals surface area contributed by atoms with Gasteiger partial charge in [-0.25, -0.2) is 0 Å². The van der Waals surface area contributed by atoms with Crippen molar-refractivity contribution in [2.45, 2.75) is 33.2 Å². The van der Waals surface area contributed by atoms with Crippen LogP contribution >= 0.6 is 11.6 Å². The number of nitrogens with zero attached hydrogens (tertiary/aromatic N) is 3. The number of hydrogen-bond donors (Lipinski definition) is 0. The molecular formula is C16H20ClN3. The highest BCUT2D eigenvalue weighted by molar-refractivity contribution is 6.34. The molecule has 0 N–H and O–H groups in total. The lowest BCUT2D eigenvalue weighted by atomic mass is 9.86. The third kappa shape index (κ3) is 2.24. The van der Waals surface area contributed by atoms with Gasteiger partial charge < -0.3 is 4.90 Å². The summed E-state index contributed by atoms with van der Waals surface area (Å²) in [7, 11) is 0. The molecule has 3 nitrogen and oxygen atoms in total. The van der Waals surface area contributed by atoms with E-state index in [1.54, 1.807) is 0 Å². The highest BCUT2D eigenvalue weighted by Crippen LogP contribution is 2.34. The minimum atomic E-state index is 0.477. The Morgan fingerprint density at radius 1 is 1.10 bits per heavy atom. The Bertz CT molecular complexity index is 628. The zero-order valence-electron chi connectivity index (χ0n) is 12.2. The maximum Gasteiger partial charge on any atom is 0.159 e. The van der Waals surface area contributed by atoms with Crippen LogP contribution in [0.15, 0.2) is 24.3 Å². The number of anilines is 1. The molecule has 1 aliphatic heterocycles. The lowest BCUT2D eigenvalue weighted by molar-refractivity contribution is 0.295. The van der Waals surface area contributed by atoms with E-state index in [1.807, 2.05) is 18.2 Å². The van der Waals surface area contributed by atoms with Crippen LogP contribution in [0.2, 0.25) is 5.15 Å². The second kappa shape index (κ2) is 5.21. The Morgan fingerprint density at radius 3 is 2.55 bits per heavy atom. The van der Waals surface area contributed by atoms with Crippen LogP contribution in [-0.4, -0.2) is 22.8 Å². The molecule has 2 heterocycles. The van der Waals surface area contributed by atoms with Crippen LogP contribution < -0.4 is 4.90 Å². The predicted octanol–water partition coefficient (Wildman–Crippen LogP) is 4.15. The van der Waals surface area contributed by atoms with Gasteiger partial charge in [-0.3, -0.25) is 0 Å². The molecule has 3 atom stereocenters. The predicted molar refractivity (Wildman–Crippen MR) is 84.3 cm³/mol. The van der Waals surface area contributed by atoms with Crippen molar-refractivity contribution in [1.82, 2.24) is 10.2 Å². The fraction of sp³-hybridized carbons (Fsp3) is 0.500. The van der Waals surface area contributed by atoms with Gasteiger partial charge in [-0.15, -0.1) is 10.2 Å². The Labute approximate surface area is 124 Å². The first kappa shape index (κ1) is 13.6. The second-order valence-electron chi connectivity index (χ2n) is 6.07. The summed E-state index contributed by atoms with van der Waals surface area (Å²) in [6.45, 7) is 7.94. The minimum absolute atomic E-state index is 0.477. The molecule has 0 aliphatic carbocycles. The smallest absolute Gasteiger partial charge is 0.159 e. The minimum Gasteiger partial charge on any atom is -0.351 e. The Morgan fingerprint density at radius 2 is 1.80 bits per heavy atom. The van der Waals surface area contributed by atoms with Gasteiger partial charge in [-0.2, -0.15) is 0 Å². The quantitative estimate of drug-likeness (QED) is 0.789. The van der Waals surface area contributed by atoms with Crippen molar-refractivity contribution in [3.63, 3.8) is 0 Å². The third-order valence-electron chi connectivity index (χ3n) is 4.49. The summed E-state index contributed by atoms with van der Waals surface area (Å²) in [5, 5.41) is 11.1. The van der Waals surface area contributed by atoms with Crippen LogP contribution in [0.3, 0.4) is 0 Å². The monoisotopic (exact) mass is 289 g/mol. The molecule has 0 amide bonds. The van der Waals surface area contributed by atoms with Crippen LogP contribution in [0, 0.1) is 11.8 Å². The standard InChI is InChI=1S/C16H20ClN3/c1-10-8-11(2)12(3)20(9-10)16-14-7-5-4-6-13(14)15(17)18-19-16/h4-7,10-12H,8-9H2,1-3H3. The fourth-order valence-corrected chi connectivity index (χ4v) is 3.47. The van der Waals surface area contributed by atoms with E-state index in [2.05, 4.69) is 41.9 Å². The van der Waals surface area contributed by atoms with Crippen molar-refractivity contribution in [2.24, 2.45) is 11.8 Å². The zero-order valence-corrected chi connectivity index (χ0v) is 12.9. The summed E-state index contributed by atoms with van der Waals surface area (Å²) in [6.07, 6.45) is 1.27. The third-order valence-corrected chi connectivity index (χ3v) is 4.77. The van der Waals surface area contributed by atoms with E-state index in [1.165, 1.54) is 6.42 Å². The molecular weight excluding hydrogens is 270 g/mol. The molecule has 0 spiro atoms. The maximum atomic E-state index is 6.17. The average Bonchev–Trinajstić information content (AvgIpc) is 2.44. The Hall–Kier alpha value is -1.35. The Kier molecular flexibility index (Phi) is 3.55. The van der Waals surface area contributed by atoms with Crippen LogP contribution in [0.25, 0.3) is 10.8 Å². The molecule has 3 unspecified atom stereocenters. The van der Waals surface area contributed by atoms with Crippen molar-refractivity contribution in [1.29, 1.82) is 0 Å². The SMILES string of the molecule is CC1CC(C)C(C)N(c2nnc(Cl)c3ccccc23)C1. The van der Waals surface area contributed by atoms with E-state index in [4.69, 9.17) is 11.6 Å². The summed E-state index contributed by atoms with van der Waals surface area (Å²) in [5.74, 6) is 2.31. The molecule has 0 saturated carbocycles. The molecule has 106 valence electrons. The first-order valence-corrected chi connectivity index (χ1v) is 7.63. The van der Waals surface area contributed by atoms with Gasteiger partial charge in [0.2, 0.25) is 0 Å². The Balaban J connectivity index is 2.12. The fourth-order valence-electron chi connectivity index (χ4n) is 3.26. The maximum absolute atomic E-state index is 6.17. The molecule has 1 aromatic heterocycles. The van der Waals surface area contributed by atoms with Gasteiger partial charge in [-0.05, 0) is 25.2 Å². The highest BCUT2D eigenvalue weighted by atomic mass is 35.5. The molecule has 4 heteroatoms. The largest absolute Gasteiger partial charge is 0.351 e. The number of aromatic nitrogens is 2. The van der Waals surface area contributed by atoms with Crippen molar-refractivity contribution in [3.8, 4) is 0 Å². The molecule has 0 bridgehead atoms. The number of fused-ring (bicyclic) bond motifs is 1. The lowest BCUT2D eigenvalue weighted by Gasteiger charge is -2.42. The van der Waals surface area contributed by atoms with Gasteiger partial charge >= 0.3 is 0 Å². The summed E-state index contributed by atoms with van der Waals surface area (Å²) < 4.78 is 0. The first-order valence-electron chi connectivity index (χ1n) is 7.25. The van der Waals surface area contributed by atoms with E-state index in [0.29, 0.717) is 23.0 Å². The van der Waals surface area contributed by atoms with Gasteiger partial charge in [0.15, 0.2) is 11.0 Å².